The lowest BCUT2D eigenvalue weighted by Crippen LogP contribution is -2.42. The number of quaternary nitrogens is 1. The van der Waals surface area contributed by atoms with Crippen molar-refractivity contribution in [3.05, 3.63) is 96.1 Å². The van der Waals surface area contributed by atoms with E-state index in [0.717, 1.165) is 87.5 Å². The average molecular weight is 521 g/mol. The van der Waals surface area contributed by atoms with Gasteiger partial charge in [-0.2, -0.15) is 0 Å². The van der Waals surface area contributed by atoms with E-state index in [2.05, 4.69) is 69.7 Å². The van der Waals surface area contributed by atoms with E-state index in [1.165, 1.54) is 16.9 Å². The van der Waals surface area contributed by atoms with Crippen molar-refractivity contribution in [2.75, 3.05) is 51.1 Å². The second-order valence-corrected chi connectivity index (χ2v) is 11.8. The van der Waals surface area contributed by atoms with E-state index in [1.807, 2.05) is 30.3 Å². The number of anilines is 1. The number of hydrogen-bond acceptors (Lipinski definition) is 3. The molecule has 6 nitrogen and oxygen atoms in total. The fraction of sp³-hybridized carbons (Fsp3) is 0.394. The van der Waals surface area contributed by atoms with Crippen LogP contribution in [0.15, 0.2) is 89.9 Å². The van der Waals surface area contributed by atoms with Gasteiger partial charge in [0.1, 0.15) is 18.8 Å². The van der Waals surface area contributed by atoms with Crippen molar-refractivity contribution in [1.82, 2.24) is 14.3 Å². The maximum Gasteiger partial charge on any atom is 0.308 e. The second kappa shape index (κ2) is 9.92. The summed E-state index contributed by atoms with van der Waals surface area (Å²) < 4.78 is 0.925. The first kappa shape index (κ1) is 24.6. The standard InChI is InChI=1S/C33H38N5O/c39-31(26-9-3-1-4-10-26)37-22-18-33(25-37,27-11-5-2-6-12-27)17-21-36-19-15-28(16-20-36)34-32-35-29-13-7-8-14-30(29)38(32)23-24-38/h1-14,28H,15-25H2,(H,34,35)/q+1. The summed E-state index contributed by atoms with van der Waals surface area (Å²) in [5, 5.41) is 3.63. The Morgan fingerprint density at radius 1 is 0.897 bits per heavy atom. The maximum absolute atomic E-state index is 13.3. The van der Waals surface area contributed by atoms with Crippen LogP contribution in [-0.4, -0.2) is 73.5 Å². The normalized spacial score (nSPS) is 25.1. The van der Waals surface area contributed by atoms with E-state index in [9.17, 15) is 4.79 Å². The van der Waals surface area contributed by atoms with Crippen LogP contribution >= 0.6 is 0 Å². The summed E-state index contributed by atoms with van der Waals surface area (Å²) >= 11 is 0. The minimum atomic E-state index is 0.0121. The molecule has 0 bridgehead atoms. The lowest BCUT2D eigenvalue weighted by atomic mass is 9.76. The molecular formula is C33H38N5O+. The molecule has 4 heterocycles. The molecule has 3 saturated heterocycles. The Hall–Kier alpha value is -3.48. The van der Waals surface area contributed by atoms with E-state index >= 15 is 0 Å². The molecule has 4 aliphatic heterocycles. The van der Waals surface area contributed by atoms with Crippen molar-refractivity contribution in [2.24, 2.45) is 4.99 Å². The number of nitrogens with one attached hydrogen (secondary N) is 1. The van der Waals surface area contributed by atoms with E-state index in [4.69, 9.17) is 4.99 Å². The van der Waals surface area contributed by atoms with Gasteiger partial charge in [0.15, 0.2) is 5.69 Å². The number of carbonyl (C=O) groups excluding carboxylic acids is 1. The van der Waals surface area contributed by atoms with E-state index < -0.39 is 0 Å². The van der Waals surface area contributed by atoms with Gasteiger partial charge in [-0.1, -0.05) is 60.7 Å². The fourth-order valence-corrected chi connectivity index (χ4v) is 6.99. The molecule has 0 aromatic heterocycles. The van der Waals surface area contributed by atoms with Crippen LogP contribution < -0.4 is 9.80 Å². The quantitative estimate of drug-likeness (QED) is 0.362. The number of piperidine rings is 1. The van der Waals surface area contributed by atoms with E-state index in [1.54, 1.807) is 0 Å². The molecule has 1 unspecified atom stereocenters. The molecule has 3 aromatic rings. The number of hydrogen-bond donors (Lipinski definition) is 1. The van der Waals surface area contributed by atoms with E-state index in [0.29, 0.717) is 6.04 Å². The summed E-state index contributed by atoms with van der Waals surface area (Å²) in [4.78, 5) is 23.2. The smallest absolute Gasteiger partial charge is 0.308 e. The zero-order valence-corrected chi connectivity index (χ0v) is 22.6. The van der Waals surface area contributed by atoms with Crippen LogP contribution in [0.3, 0.4) is 0 Å². The van der Waals surface area contributed by atoms with Crippen molar-refractivity contribution < 1.29 is 4.79 Å². The third kappa shape index (κ3) is 4.56. The van der Waals surface area contributed by atoms with Gasteiger partial charge in [0.2, 0.25) is 0 Å². The number of guanidine groups is 1. The molecule has 0 saturated carbocycles. The minimum Gasteiger partial charge on any atom is -0.338 e. The van der Waals surface area contributed by atoms with Crippen LogP contribution in [0.1, 0.15) is 41.6 Å². The van der Waals surface area contributed by atoms with Gasteiger partial charge in [-0.15, -0.1) is 0 Å². The molecule has 39 heavy (non-hydrogen) atoms. The highest BCUT2D eigenvalue weighted by Gasteiger charge is 2.56. The largest absolute Gasteiger partial charge is 0.338 e. The molecule has 1 atom stereocenters. The molecule has 3 aromatic carbocycles. The first-order valence-corrected chi connectivity index (χ1v) is 14.6. The third-order valence-corrected chi connectivity index (χ3v) is 9.50. The summed E-state index contributed by atoms with van der Waals surface area (Å²) in [5.41, 5.74) is 4.79. The van der Waals surface area contributed by atoms with Gasteiger partial charge >= 0.3 is 5.96 Å². The molecule has 1 N–H and O–H groups in total. The first-order valence-electron chi connectivity index (χ1n) is 14.6. The van der Waals surface area contributed by atoms with Crippen LogP contribution in [0.2, 0.25) is 0 Å². The lowest BCUT2D eigenvalue weighted by Gasteiger charge is -2.35. The first-order chi connectivity index (χ1) is 19.2. The number of benzene rings is 3. The predicted octanol–water partition coefficient (Wildman–Crippen LogP) is 5.13. The van der Waals surface area contributed by atoms with Crippen molar-refractivity contribution in [1.29, 1.82) is 0 Å². The average Bonchev–Trinajstić information content (AvgIpc) is 3.59. The Kier molecular flexibility index (Phi) is 6.25. The molecule has 200 valence electrons. The summed E-state index contributed by atoms with van der Waals surface area (Å²) in [6, 6.07) is 29.7. The van der Waals surface area contributed by atoms with Gasteiger partial charge in [-0.05, 0) is 56.0 Å². The zero-order chi connectivity index (χ0) is 26.3. The van der Waals surface area contributed by atoms with Crippen LogP contribution in [0.25, 0.3) is 0 Å². The number of aliphatic imine (C=N–C) groups is 1. The number of carbonyl (C=O) groups is 1. The minimum absolute atomic E-state index is 0.0121. The molecular weight excluding hydrogens is 482 g/mol. The van der Waals surface area contributed by atoms with Crippen molar-refractivity contribution in [2.45, 2.75) is 37.1 Å². The van der Waals surface area contributed by atoms with Crippen LogP contribution in [0, 0.1) is 0 Å². The SMILES string of the molecule is O=C(c1ccccc1)N1CCC(CCN2CCC(N=C3Nc4ccccc4[N+]34CC4)CC2)(c2ccccc2)C1. The van der Waals surface area contributed by atoms with Gasteiger partial charge < -0.3 is 9.80 Å². The maximum atomic E-state index is 13.3. The number of likely N-dealkylation sites (tertiary alicyclic amines) is 2. The second-order valence-electron chi connectivity index (χ2n) is 11.8. The topological polar surface area (TPSA) is 47.9 Å². The predicted molar refractivity (Wildman–Crippen MR) is 158 cm³/mol. The van der Waals surface area contributed by atoms with Crippen LogP contribution in [-0.2, 0) is 5.41 Å². The van der Waals surface area contributed by atoms with Gasteiger partial charge in [0, 0.05) is 43.2 Å². The Morgan fingerprint density at radius 2 is 1.59 bits per heavy atom. The number of para-hydroxylation sites is 2. The molecule has 1 spiro atoms. The highest BCUT2D eigenvalue weighted by atomic mass is 16.2. The van der Waals surface area contributed by atoms with Crippen molar-refractivity contribution >= 4 is 23.2 Å². The lowest BCUT2D eigenvalue weighted by molar-refractivity contribution is 0.0780. The Balaban J connectivity index is 0.997. The fourth-order valence-electron chi connectivity index (χ4n) is 6.99. The molecule has 4 aliphatic rings. The highest BCUT2D eigenvalue weighted by Crippen LogP contribution is 2.44. The van der Waals surface area contributed by atoms with Crippen molar-refractivity contribution in [3.8, 4) is 0 Å². The number of rotatable bonds is 6. The summed E-state index contributed by atoms with van der Waals surface area (Å²) in [6.45, 7) is 7.17. The van der Waals surface area contributed by atoms with Crippen LogP contribution in [0.4, 0.5) is 11.4 Å². The highest BCUT2D eigenvalue weighted by molar-refractivity contribution is 6.12. The summed E-state index contributed by atoms with van der Waals surface area (Å²) in [5.74, 6) is 1.31. The Bertz CT molecular complexity index is 1360. The van der Waals surface area contributed by atoms with Gasteiger partial charge in [0.25, 0.3) is 5.91 Å². The molecule has 7 rings (SSSR count). The number of fused-ring (bicyclic) bond motifs is 2. The third-order valence-electron chi connectivity index (χ3n) is 9.50. The molecule has 0 radical (unpaired) electrons. The van der Waals surface area contributed by atoms with Gasteiger partial charge in [-0.25, -0.2) is 9.48 Å². The summed E-state index contributed by atoms with van der Waals surface area (Å²) in [6.07, 6.45) is 4.31. The Morgan fingerprint density at radius 3 is 2.33 bits per heavy atom. The number of amides is 1. The Labute approximate surface area is 231 Å². The zero-order valence-electron chi connectivity index (χ0n) is 22.6. The van der Waals surface area contributed by atoms with Crippen LogP contribution in [0.5, 0.6) is 0 Å². The van der Waals surface area contributed by atoms with Crippen molar-refractivity contribution in [3.63, 3.8) is 0 Å². The summed E-state index contributed by atoms with van der Waals surface area (Å²) in [7, 11) is 0. The van der Waals surface area contributed by atoms with Gasteiger partial charge in [-0.3, -0.25) is 10.1 Å². The molecule has 0 aliphatic carbocycles. The molecule has 1 amide bonds. The van der Waals surface area contributed by atoms with Gasteiger partial charge in [0.05, 0.1) is 6.04 Å². The number of nitrogens with zero attached hydrogens (tertiary/aromatic N) is 4. The molecule has 3 fully saturated rings. The molecule has 6 heteroatoms. The monoisotopic (exact) mass is 520 g/mol. The van der Waals surface area contributed by atoms with E-state index in [-0.39, 0.29) is 11.3 Å².